The lowest BCUT2D eigenvalue weighted by atomic mass is 10.1. The second-order valence-corrected chi connectivity index (χ2v) is 6.15. The van der Waals surface area contributed by atoms with Crippen LogP contribution in [0.2, 0.25) is 0 Å². The zero-order valence-corrected chi connectivity index (χ0v) is 14.3. The molecule has 1 aromatic heterocycles. The monoisotopic (exact) mass is 379 g/mol. The minimum Gasteiger partial charge on any atom is -0.504 e. The Bertz CT molecular complexity index is 1230. The summed E-state index contributed by atoms with van der Waals surface area (Å²) in [5.41, 5.74) is 1.45. The van der Waals surface area contributed by atoms with Crippen LogP contribution < -0.4 is 10.7 Å². The van der Waals surface area contributed by atoms with Gasteiger partial charge in [-0.05, 0) is 48.5 Å². The first-order valence-corrected chi connectivity index (χ1v) is 8.27. The highest BCUT2D eigenvalue weighted by Gasteiger charge is 2.17. The SMILES string of the molecule is O=c1cc(-c2ccc(Nc3ccc(F)cc3)cc2)oc2cc(O)c(O)c(O)c12. The number of hydrogen-bond acceptors (Lipinski definition) is 6. The fourth-order valence-corrected chi connectivity index (χ4v) is 2.84. The third-order valence-corrected chi connectivity index (χ3v) is 4.25. The first kappa shape index (κ1) is 17.4. The molecule has 3 aromatic carbocycles. The number of nitrogens with one attached hydrogen (secondary N) is 1. The first-order chi connectivity index (χ1) is 13.4. The predicted octanol–water partition coefficient (Wildman–Crippen LogP) is 4.46. The normalized spacial score (nSPS) is 10.9. The van der Waals surface area contributed by atoms with Crippen molar-refractivity contribution in [3.05, 3.63) is 76.7 Å². The Kier molecular flexibility index (Phi) is 4.12. The lowest BCUT2D eigenvalue weighted by Gasteiger charge is -2.09. The van der Waals surface area contributed by atoms with Gasteiger partial charge in [-0.15, -0.1) is 0 Å². The Morgan fingerprint density at radius 1 is 0.821 bits per heavy atom. The van der Waals surface area contributed by atoms with Gasteiger partial charge in [0.2, 0.25) is 5.75 Å². The highest BCUT2D eigenvalue weighted by molar-refractivity contribution is 5.89. The van der Waals surface area contributed by atoms with E-state index in [9.17, 15) is 24.5 Å². The smallest absolute Gasteiger partial charge is 0.201 e. The van der Waals surface area contributed by atoms with E-state index in [0.29, 0.717) is 5.56 Å². The van der Waals surface area contributed by atoms with E-state index in [1.54, 1.807) is 36.4 Å². The number of anilines is 2. The van der Waals surface area contributed by atoms with Gasteiger partial charge < -0.3 is 25.1 Å². The van der Waals surface area contributed by atoms with Crippen molar-refractivity contribution in [2.45, 2.75) is 0 Å². The van der Waals surface area contributed by atoms with Gasteiger partial charge in [0.05, 0.1) is 0 Å². The molecule has 140 valence electrons. The number of phenolic OH excluding ortho intramolecular Hbond substituents is 3. The molecule has 0 amide bonds. The van der Waals surface area contributed by atoms with Crippen LogP contribution >= 0.6 is 0 Å². The van der Waals surface area contributed by atoms with E-state index in [1.165, 1.54) is 18.2 Å². The molecule has 0 atom stereocenters. The van der Waals surface area contributed by atoms with Gasteiger partial charge in [0.1, 0.15) is 22.5 Å². The number of rotatable bonds is 3. The lowest BCUT2D eigenvalue weighted by molar-refractivity contribution is 0.370. The molecule has 0 aliphatic rings. The summed E-state index contributed by atoms with van der Waals surface area (Å²) >= 11 is 0. The maximum atomic E-state index is 13.0. The van der Waals surface area contributed by atoms with E-state index >= 15 is 0 Å². The summed E-state index contributed by atoms with van der Waals surface area (Å²) in [5.74, 6) is -2.19. The summed E-state index contributed by atoms with van der Waals surface area (Å²) in [6.07, 6.45) is 0. The summed E-state index contributed by atoms with van der Waals surface area (Å²) in [5, 5.41) is 32.0. The molecule has 28 heavy (non-hydrogen) atoms. The van der Waals surface area contributed by atoms with Crippen LogP contribution in [0.4, 0.5) is 15.8 Å². The maximum absolute atomic E-state index is 13.0. The minimum atomic E-state index is -0.774. The van der Waals surface area contributed by atoms with Crippen LogP contribution in [-0.2, 0) is 0 Å². The number of aromatic hydroxyl groups is 3. The van der Waals surface area contributed by atoms with E-state index in [-0.39, 0.29) is 22.5 Å². The Labute approximate surface area is 157 Å². The van der Waals surface area contributed by atoms with E-state index in [1.807, 2.05) is 0 Å². The van der Waals surface area contributed by atoms with Gasteiger partial charge in [-0.3, -0.25) is 4.79 Å². The highest BCUT2D eigenvalue weighted by Crippen LogP contribution is 2.40. The van der Waals surface area contributed by atoms with Crippen molar-refractivity contribution < 1.29 is 24.1 Å². The van der Waals surface area contributed by atoms with Gasteiger partial charge in [-0.1, -0.05) is 0 Å². The van der Waals surface area contributed by atoms with Gasteiger partial charge in [-0.2, -0.15) is 0 Å². The topological polar surface area (TPSA) is 103 Å². The van der Waals surface area contributed by atoms with Crippen molar-refractivity contribution >= 4 is 22.3 Å². The van der Waals surface area contributed by atoms with Crippen molar-refractivity contribution in [1.82, 2.24) is 0 Å². The molecule has 1 heterocycles. The summed E-state index contributed by atoms with van der Waals surface area (Å²) in [7, 11) is 0. The van der Waals surface area contributed by atoms with Crippen molar-refractivity contribution in [1.29, 1.82) is 0 Å². The fourth-order valence-electron chi connectivity index (χ4n) is 2.84. The van der Waals surface area contributed by atoms with Gasteiger partial charge >= 0.3 is 0 Å². The van der Waals surface area contributed by atoms with Crippen molar-refractivity contribution in [2.75, 3.05) is 5.32 Å². The zero-order chi connectivity index (χ0) is 19.8. The largest absolute Gasteiger partial charge is 0.504 e. The molecular weight excluding hydrogens is 365 g/mol. The zero-order valence-electron chi connectivity index (χ0n) is 14.3. The molecule has 0 unspecified atom stereocenters. The molecule has 0 radical (unpaired) electrons. The van der Waals surface area contributed by atoms with E-state index in [4.69, 9.17) is 4.42 Å². The Balaban J connectivity index is 1.69. The van der Waals surface area contributed by atoms with Crippen molar-refractivity contribution in [3.8, 4) is 28.6 Å². The average Bonchev–Trinajstić information content (AvgIpc) is 2.68. The molecule has 0 aliphatic heterocycles. The number of phenols is 3. The van der Waals surface area contributed by atoms with E-state index in [2.05, 4.69) is 5.32 Å². The molecule has 4 N–H and O–H groups in total. The molecule has 4 aromatic rings. The summed E-state index contributed by atoms with van der Waals surface area (Å²) in [6.45, 7) is 0. The fraction of sp³-hybridized carbons (Fsp3) is 0. The van der Waals surface area contributed by atoms with Crippen LogP contribution in [0, 0.1) is 5.82 Å². The standard InChI is InChI=1S/C21H14FNO5/c22-12-3-7-14(8-4-12)23-13-5-1-11(2-6-13)17-9-15(24)19-18(28-17)10-16(25)20(26)21(19)27/h1-10,23,25-27H. The van der Waals surface area contributed by atoms with Crippen molar-refractivity contribution in [2.24, 2.45) is 0 Å². The van der Waals surface area contributed by atoms with E-state index in [0.717, 1.165) is 17.4 Å². The van der Waals surface area contributed by atoms with Gasteiger partial charge in [0.15, 0.2) is 16.9 Å². The van der Waals surface area contributed by atoms with E-state index < -0.39 is 22.7 Å². The first-order valence-electron chi connectivity index (χ1n) is 8.27. The number of fused-ring (bicyclic) bond motifs is 1. The second-order valence-electron chi connectivity index (χ2n) is 6.15. The van der Waals surface area contributed by atoms with Crippen LogP contribution in [0.3, 0.4) is 0 Å². The summed E-state index contributed by atoms with van der Waals surface area (Å²) in [6, 6.07) is 15.1. The van der Waals surface area contributed by atoms with Gasteiger partial charge in [0.25, 0.3) is 0 Å². The van der Waals surface area contributed by atoms with Crippen molar-refractivity contribution in [3.63, 3.8) is 0 Å². The van der Waals surface area contributed by atoms with Crippen LogP contribution in [-0.4, -0.2) is 15.3 Å². The van der Waals surface area contributed by atoms with Crippen LogP contribution in [0.15, 0.2) is 69.9 Å². The molecular formula is C21H14FNO5. The van der Waals surface area contributed by atoms with Crippen LogP contribution in [0.25, 0.3) is 22.3 Å². The average molecular weight is 379 g/mol. The second kappa shape index (κ2) is 6.62. The molecule has 0 spiro atoms. The minimum absolute atomic E-state index is 0.0520. The molecule has 7 heteroatoms. The molecule has 0 saturated heterocycles. The Morgan fingerprint density at radius 2 is 1.43 bits per heavy atom. The highest BCUT2D eigenvalue weighted by atomic mass is 19.1. The number of benzene rings is 3. The van der Waals surface area contributed by atoms with Crippen LogP contribution in [0.5, 0.6) is 17.2 Å². The molecule has 4 rings (SSSR count). The number of halogens is 1. The summed E-state index contributed by atoms with van der Waals surface area (Å²) < 4.78 is 18.6. The number of hydrogen-bond donors (Lipinski definition) is 4. The molecule has 0 aliphatic carbocycles. The molecule has 0 fully saturated rings. The molecule has 0 saturated carbocycles. The van der Waals surface area contributed by atoms with Crippen LogP contribution in [0.1, 0.15) is 0 Å². The summed E-state index contributed by atoms with van der Waals surface area (Å²) in [4.78, 5) is 12.3. The van der Waals surface area contributed by atoms with Gasteiger partial charge in [-0.25, -0.2) is 4.39 Å². The third kappa shape index (κ3) is 3.09. The maximum Gasteiger partial charge on any atom is 0.201 e. The lowest BCUT2D eigenvalue weighted by Crippen LogP contribution is -2.01. The predicted molar refractivity (Wildman–Crippen MR) is 103 cm³/mol. The van der Waals surface area contributed by atoms with Gasteiger partial charge in [0, 0.05) is 29.1 Å². The quantitative estimate of drug-likeness (QED) is 0.392. The Hall–Kier alpha value is -4.00. The molecule has 0 bridgehead atoms. The molecule has 6 nitrogen and oxygen atoms in total. The Morgan fingerprint density at radius 3 is 2.07 bits per heavy atom. The third-order valence-electron chi connectivity index (χ3n) is 4.25.